The molecule has 0 aliphatic carbocycles. The van der Waals surface area contributed by atoms with Gasteiger partial charge in [-0.05, 0) is 51.2 Å². The Kier molecular flexibility index (Phi) is 4.73. The molecule has 0 unspecified atom stereocenters. The summed E-state index contributed by atoms with van der Waals surface area (Å²) in [6.07, 6.45) is 7.39. The van der Waals surface area contributed by atoms with Crippen LogP contribution in [0.25, 0.3) is 0 Å². The van der Waals surface area contributed by atoms with Crippen LogP contribution in [0.4, 0.5) is 0 Å². The average molecular weight is 329 g/mol. The van der Waals surface area contributed by atoms with Crippen molar-refractivity contribution < 1.29 is 4.79 Å². The first-order valence-corrected chi connectivity index (χ1v) is 8.73. The van der Waals surface area contributed by atoms with E-state index >= 15 is 0 Å². The lowest BCUT2D eigenvalue weighted by Gasteiger charge is -2.25. The fourth-order valence-corrected chi connectivity index (χ4v) is 3.69. The molecule has 2 aromatic heterocycles. The Labute approximate surface area is 143 Å². The van der Waals surface area contributed by atoms with Gasteiger partial charge >= 0.3 is 0 Å². The van der Waals surface area contributed by atoms with Crippen LogP contribution in [-0.4, -0.2) is 43.0 Å². The molecule has 1 atom stereocenters. The molecule has 6 heteroatoms. The van der Waals surface area contributed by atoms with Crippen LogP contribution in [0.3, 0.4) is 0 Å². The number of amides is 1. The average Bonchev–Trinajstić information content (AvgIpc) is 3.21. The zero-order chi connectivity index (χ0) is 17.3. The molecule has 1 aliphatic heterocycles. The Morgan fingerprint density at radius 3 is 2.75 bits per heavy atom. The summed E-state index contributed by atoms with van der Waals surface area (Å²) in [6, 6.07) is 0.271. The number of hydrogen-bond donors (Lipinski definition) is 0. The Balaban J connectivity index is 1.61. The molecule has 130 valence electrons. The van der Waals surface area contributed by atoms with Gasteiger partial charge in [0.05, 0.1) is 24.5 Å². The van der Waals surface area contributed by atoms with E-state index in [9.17, 15) is 4.79 Å². The topological polar surface area (TPSA) is 56.0 Å². The van der Waals surface area contributed by atoms with E-state index < -0.39 is 0 Å². The lowest BCUT2D eigenvalue weighted by atomic mass is 10.1. The van der Waals surface area contributed by atoms with Gasteiger partial charge in [0.2, 0.25) is 5.91 Å². The van der Waals surface area contributed by atoms with Gasteiger partial charge in [-0.15, -0.1) is 0 Å². The lowest BCUT2D eigenvalue weighted by Crippen LogP contribution is -2.38. The minimum Gasteiger partial charge on any atom is -0.338 e. The van der Waals surface area contributed by atoms with Gasteiger partial charge in [-0.2, -0.15) is 10.2 Å². The smallest absolute Gasteiger partial charge is 0.223 e. The lowest BCUT2D eigenvalue weighted by molar-refractivity contribution is -0.132. The first-order valence-electron chi connectivity index (χ1n) is 8.73. The summed E-state index contributed by atoms with van der Waals surface area (Å²) in [4.78, 5) is 14.8. The van der Waals surface area contributed by atoms with E-state index in [1.54, 1.807) is 0 Å². The summed E-state index contributed by atoms with van der Waals surface area (Å²) in [5.41, 5.74) is 4.57. The summed E-state index contributed by atoms with van der Waals surface area (Å²) >= 11 is 0. The van der Waals surface area contributed by atoms with Crippen LogP contribution >= 0.6 is 0 Å². The Hall–Kier alpha value is -2.11. The molecule has 24 heavy (non-hydrogen) atoms. The quantitative estimate of drug-likeness (QED) is 0.845. The first-order chi connectivity index (χ1) is 11.5. The number of likely N-dealkylation sites (tertiary alicyclic amines) is 1. The molecule has 0 N–H and O–H groups in total. The van der Waals surface area contributed by atoms with Gasteiger partial charge in [0.25, 0.3) is 0 Å². The van der Waals surface area contributed by atoms with Crippen molar-refractivity contribution in [3.8, 4) is 0 Å². The second kappa shape index (κ2) is 6.79. The number of aryl methyl sites for hydroxylation is 3. The monoisotopic (exact) mass is 329 g/mol. The maximum Gasteiger partial charge on any atom is 0.223 e. The molecular weight excluding hydrogens is 302 g/mol. The van der Waals surface area contributed by atoms with Gasteiger partial charge < -0.3 is 4.90 Å². The van der Waals surface area contributed by atoms with E-state index in [0.29, 0.717) is 6.42 Å². The van der Waals surface area contributed by atoms with Crippen LogP contribution in [0.1, 0.15) is 41.8 Å². The van der Waals surface area contributed by atoms with Crippen molar-refractivity contribution in [3.05, 3.63) is 34.9 Å². The van der Waals surface area contributed by atoms with Gasteiger partial charge in [0.15, 0.2) is 0 Å². The molecule has 1 aliphatic rings. The molecule has 0 saturated carbocycles. The predicted molar refractivity (Wildman–Crippen MR) is 92.7 cm³/mol. The van der Waals surface area contributed by atoms with E-state index in [2.05, 4.69) is 22.0 Å². The van der Waals surface area contributed by atoms with E-state index in [1.807, 2.05) is 42.7 Å². The van der Waals surface area contributed by atoms with Crippen molar-refractivity contribution >= 4 is 5.91 Å². The third kappa shape index (κ3) is 3.37. The van der Waals surface area contributed by atoms with Crippen LogP contribution in [-0.2, 0) is 24.8 Å². The maximum absolute atomic E-state index is 12.7. The van der Waals surface area contributed by atoms with Crippen molar-refractivity contribution in [2.75, 3.05) is 6.54 Å². The Morgan fingerprint density at radius 1 is 1.33 bits per heavy atom. The minimum atomic E-state index is 0.254. The van der Waals surface area contributed by atoms with Gasteiger partial charge in [-0.1, -0.05) is 0 Å². The maximum atomic E-state index is 12.7. The number of aromatic nitrogens is 4. The van der Waals surface area contributed by atoms with Crippen molar-refractivity contribution in [2.45, 2.75) is 59.0 Å². The third-order valence-corrected chi connectivity index (χ3v) is 5.11. The van der Waals surface area contributed by atoms with E-state index in [-0.39, 0.29) is 11.9 Å². The minimum absolute atomic E-state index is 0.254. The zero-order valence-corrected chi connectivity index (χ0v) is 15.1. The summed E-state index contributed by atoms with van der Waals surface area (Å²) in [6.45, 7) is 7.79. The van der Waals surface area contributed by atoms with Crippen LogP contribution < -0.4 is 0 Å². The molecule has 2 aromatic rings. The highest BCUT2D eigenvalue weighted by molar-refractivity contribution is 5.77. The highest BCUT2D eigenvalue weighted by Crippen LogP contribution is 2.21. The molecule has 0 spiro atoms. The molecule has 0 aromatic carbocycles. The van der Waals surface area contributed by atoms with Gasteiger partial charge in [0, 0.05) is 31.9 Å². The molecule has 1 amide bonds. The zero-order valence-electron chi connectivity index (χ0n) is 15.1. The first kappa shape index (κ1) is 16.7. The van der Waals surface area contributed by atoms with Crippen LogP contribution in [0.5, 0.6) is 0 Å². The van der Waals surface area contributed by atoms with Gasteiger partial charge in [-0.25, -0.2) is 0 Å². The van der Waals surface area contributed by atoms with E-state index in [1.165, 1.54) is 5.56 Å². The van der Waals surface area contributed by atoms with Crippen molar-refractivity contribution in [1.29, 1.82) is 0 Å². The molecule has 3 rings (SSSR count). The number of rotatable bonds is 5. The highest BCUT2D eigenvalue weighted by atomic mass is 16.2. The van der Waals surface area contributed by atoms with Crippen LogP contribution in [0.15, 0.2) is 12.4 Å². The van der Waals surface area contributed by atoms with Crippen LogP contribution in [0.2, 0.25) is 0 Å². The summed E-state index contributed by atoms with van der Waals surface area (Å²) in [5.74, 6) is 0.254. The number of nitrogens with zero attached hydrogens (tertiary/aromatic N) is 5. The van der Waals surface area contributed by atoms with Gasteiger partial charge in [0.1, 0.15) is 0 Å². The largest absolute Gasteiger partial charge is 0.338 e. The van der Waals surface area contributed by atoms with Crippen molar-refractivity contribution in [2.24, 2.45) is 7.05 Å². The molecule has 1 saturated heterocycles. The normalized spacial score (nSPS) is 17.7. The standard InChI is InChI=1S/C18H27N5O/c1-13-10-19-22(11-13)12-16-6-5-9-23(16)18(24)8-7-17-14(2)20-21(4)15(17)3/h10-11,16H,5-9,12H2,1-4H3/t16-/m0/s1. The summed E-state index contributed by atoms with van der Waals surface area (Å²) in [5, 5.41) is 8.80. The molecule has 3 heterocycles. The molecule has 6 nitrogen and oxygen atoms in total. The van der Waals surface area contributed by atoms with E-state index in [0.717, 1.165) is 49.3 Å². The Bertz CT molecular complexity index is 730. The Morgan fingerprint density at radius 2 is 2.12 bits per heavy atom. The number of carbonyl (C=O) groups is 1. The molecular formula is C18H27N5O. The second-order valence-corrected chi connectivity index (χ2v) is 6.90. The molecule has 0 bridgehead atoms. The number of carbonyl (C=O) groups excluding carboxylic acids is 1. The highest BCUT2D eigenvalue weighted by Gasteiger charge is 2.29. The fraction of sp³-hybridized carbons (Fsp3) is 0.611. The van der Waals surface area contributed by atoms with E-state index in [4.69, 9.17) is 0 Å². The van der Waals surface area contributed by atoms with Gasteiger partial charge in [-0.3, -0.25) is 14.2 Å². The van der Waals surface area contributed by atoms with Crippen LogP contribution in [0, 0.1) is 20.8 Å². The fourth-order valence-electron chi connectivity index (χ4n) is 3.69. The van der Waals surface area contributed by atoms with Crippen molar-refractivity contribution in [1.82, 2.24) is 24.5 Å². The predicted octanol–water partition coefficient (Wildman–Crippen LogP) is 2.17. The third-order valence-electron chi connectivity index (χ3n) is 5.11. The van der Waals surface area contributed by atoms with Crippen molar-refractivity contribution in [3.63, 3.8) is 0 Å². The second-order valence-electron chi connectivity index (χ2n) is 6.90. The summed E-state index contributed by atoms with van der Waals surface area (Å²) in [7, 11) is 1.95. The molecule has 0 radical (unpaired) electrons. The number of hydrogen-bond acceptors (Lipinski definition) is 3. The SMILES string of the molecule is Cc1cnn(C[C@@H]2CCCN2C(=O)CCc2c(C)nn(C)c2C)c1. The summed E-state index contributed by atoms with van der Waals surface area (Å²) < 4.78 is 3.86. The molecule has 1 fully saturated rings.